The molecule has 0 aliphatic rings. The third kappa shape index (κ3) is 7.13. The molecule has 0 heterocycles. The van der Waals surface area contributed by atoms with Crippen molar-refractivity contribution in [3.05, 3.63) is 70.3 Å². The summed E-state index contributed by atoms with van der Waals surface area (Å²) in [6.45, 7) is 3.74. The van der Waals surface area contributed by atoms with Crippen LogP contribution in [0.5, 0.6) is 17.2 Å². The Balaban J connectivity index is 2.63. The van der Waals surface area contributed by atoms with Crippen LogP contribution in [0.15, 0.2) is 42.0 Å². The van der Waals surface area contributed by atoms with Crippen LogP contribution in [0.2, 0.25) is 0 Å². The van der Waals surface area contributed by atoms with Crippen LogP contribution in [0.1, 0.15) is 35.3 Å². The molecule has 178 valence electrons. The maximum Gasteiger partial charge on any atom is 0.193 e. The summed E-state index contributed by atoms with van der Waals surface area (Å²) in [6.07, 6.45) is 4.80. The van der Waals surface area contributed by atoms with E-state index in [1.165, 1.54) is 39.5 Å². The van der Waals surface area contributed by atoms with E-state index in [0.29, 0.717) is 17.7 Å². The van der Waals surface area contributed by atoms with Gasteiger partial charge in [-0.25, -0.2) is 8.78 Å². The number of ketones is 1. The Bertz CT molecular complexity index is 1030. The number of allylic oxidation sites excluding steroid dienone is 3. The number of methoxy groups -OCH3 is 3. The van der Waals surface area contributed by atoms with Crippen molar-refractivity contribution in [2.24, 2.45) is 0 Å². The molecule has 0 saturated heterocycles. The molecule has 0 aliphatic carbocycles. The number of carbonyl (C=O) groups excluding carboxylic acids is 1. The zero-order valence-corrected chi connectivity index (χ0v) is 19.4. The normalized spacial score (nSPS) is 10.9. The van der Waals surface area contributed by atoms with Crippen molar-refractivity contribution in [2.45, 2.75) is 20.3 Å². The Kier molecular flexibility index (Phi) is 10.0. The van der Waals surface area contributed by atoms with E-state index in [2.05, 4.69) is 0 Å². The Morgan fingerprint density at radius 3 is 2.27 bits per heavy atom. The average Bonchev–Trinajstić information content (AvgIpc) is 2.78. The van der Waals surface area contributed by atoms with Crippen molar-refractivity contribution < 1.29 is 37.3 Å². The first-order valence-corrected chi connectivity index (χ1v) is 10.1. The second kappa shape index (κ2) is 12.7. The molecule has 0 amide bonds. The second-order valence-electron chi connectivity index (χ2n) is 7.21. The number of hydrogen-bond acceptors (Lipinski definition) is 6. The predicted octanol–water partition coefficient (Wildman–Crippen LogP) is 5.34. The molecule has 2 aromatic carbocycles. The molecule has 6 nitrogen and oxygen atoms in total. The maximum absolute atomic E-state index is 14.0. The molecule has 8 heteroatoms. The molecule has 0 saturated carbocycles. The fraction of sp³-hybridized carbons (Fsp3) is 0.320. The van der Waals surface area contributed by atoms with Gasteiger partial charge in [0.15, 0.2) is 19.4 Å². The molecule has 0 bridgehead atoms. The van der Waals surface area contributed by atoms with Gasteiger partial charge in [-0.1, -0.05) is 11.6 Å². The molecule has 0 atom stereocenters. The monoisotopic (exact) mass is 462 g/mol. The highest BCUT2D eigenvalue weighted by atomic mass is 19.1. The number of rotatable bonds is 12. The van der Waals surface area contributed by atoms with E-state index >= 15 is 0 Å². The van der Waals surface area contributed by atoms with E-state index in [0.717, 1.165) is 17.7 Å². The van der Waals surface area contributed by atoms with Crippen molar-refractivity contribution in [2.75, 3.05) is 34.9 Å². The lowest BCUT2D eigenvalue weighted by Crippen LogP contribution is -2.12. The Labute approximate surface area is 192 Å². The van der Waals surface area contributed by atoms with Crippen LogP contribution < -0.4 is 14.2 Å². The van der Waals surface area contributed by atoms with Crippen LogP contribution in [-0.2, 0) is 15.9 Å². The van der Waals surface area contributed by atoms with Gasteiger partial charge in [-0.15, -0.1) is 0 Å². The van der Waals surface area contributed by atoms with E-state index in [9.17, 15) is 13.6 Å². The first kappa shape index (κ1) is 26.0. The minimum atomic E-state index is -0.783. The summed E-state index contributed by atoms with van der Waals surface area (Å²) >= 11 is 0. The highest BCUT2D eigenvalue weighted by molar-refractivity contribution is 6.11. The van der Waals surface area contributed by atoms with E-state index in [4.69, 9.17) is 23.7 Å². The van der Waals surface area contributed by atoms with Gasteiger partial charge in [0.25, 0.3) is 0 Å². The summed E-state index contributed by atoms with van der Waals surface area (Å²) in [5, 5.41) is 0. The van der Waals surface area contributed by atoms with Gasteiger partial charge in [-0.2, -0.15) is 0 Å². The zero-order valence-electron chi connectivity index (χ0n) is 19.4. The molecule has 0 aliphatic heterocycles. The SMILES string of the molecule is COCOc1cc(OC)c(C(=O)/C=C/c2ccc(F)cc2F)c(OCOC)c1CC=C(C)C. The molecular formula is C25H28F2O6. The third-order valence-corrected chi connectivity index (χ3v) is 4.52. The first-order valence-electron chi connectivity index (χ1n) is 10.1. The van der Waals surface area contributed by atoms with Gasteiger partial charge in [0.2, 0.25) is 0 Å². The quantitative estimate of drug-likeness (QED) is 0.184. The molecule has 2 rings (SSSR count). The van der Waals surface area contributed by atoms with Crippen LogP contribution in [0.3, 0.4) is 0 Å². The highest BCUT2D eigenvalue weighted by Crippen LogP contribution is 2.41. The summed E-state index contributed by atoms with van der Waals surface area (Å²) < 4.78 is 54.2. The fourth-order valence-electron chi connectivity index (χ4n) is 2.96. The average molecular weight is 462 g/mol. The van der Waals surface area contributed by atoms with Crippen molar-refractivity contribution in [3.63, 3.8) is 0 Å². The topological polar surface area (TPSA) is 63.2 Å². The van der Waals surface area contributed by atoms with Crippen molar-refractivity contribution in [3.8, 4) is 17.2 Å². The number of halogens is 2. The lowest BCUT2D eigenvalue weighted by Gasteiger charge is -2.20. The Morgan fingerprint density at radius 1 is 0.970 bits per heavy atom. The van der Waals surface area contributed by atoms with E-state index < -0.39 is 17.4 Å². The zero-order chi connectivity index (χ0) is 24.4. The summed E-state index contributed by atoms with van der Waals surface area (Å²) in [5.74, 6) is -1.16. The fourth-order valence-corrected chi connectivity index (χ4v) is 2.96. The van der Waals surface area contributed by atoms with Crippen LogP contribution in [0.25, 0.3) is 6.08 Å². The molecule has 0 unspecified atom stereocenters. The summed E-state index contributed by atoms with van der Waals surface area (Å²) in [5.41, 5.74) is 1.83. The van der Waals surface area contributed by atoms with E-state index in [-0.39, 0.29) is 36.2 Å². The largest absolute Gasteiger partial charge is 0.496 e. The first-order chi connectivity index (χ1) is 15.8. The van der Waals surface area contributed by atoms with Gasteiger partial charge in [-0.05, 0) is 44.6 Å². The van der Waals surface area contributed by atoms with Gasteiger partial charge >= 0.3 is 0 Å². The van der Waals surface area contributed by atoms with Gasteiger partial charge < -0.3 is 23.7 Å². The van der Waals surface area contributed by atoms with Gasteiger partial charge in [0.1, 0.15) is 34.4 Å². The molecule has 0 spiro atoms. The van der Waals surface area contributed by atoms with Gasteiger partial charge in [0, 0.05) is 37.5 Å². The van der Waals surface area contributed by atoms with Crippen molar-refractivity contribution >= 4 is 11.9 Å². The molecule has 0 fully saturated rings. The Hall–Kier alpha value is -3.23. The second-order valence-corrected chi connectivity index (χ2v) is 7.21. The molecular weight excluding hydrogens is 434 g/mol. The van der Waals surface area contributed by atoms with E-state index in [1.807, 2.05) is 19.9 Å². The van der Waals surface area contributed by atoms with Crippen LogP contribution in [0.4, 0.5) is 8.78 Å². The minimum Gasteiger partial charge on any atom is -0.496 e. The number of benzene rings is 2. The van der Waals surface area contributed by atoms with Gasteiger partial charge in [-0.3, -0.25) is 4.79 Å². The lowest BCUT2D eigenvalue weighted by molar-refractivity contribution is 0.0441. The van der Waals surface area contributed by atoms with Crippen LogP contribution >= 0.6 is 0 Å². The molecule has 2 aromatic rings. The van der Waals surface area contributed by atoms with Gasteiger partial charge in [0.05, 0.1) is 7.11 Å². The molecule has 0 N–H and O–H groups in total. The van der Waals surface area contributed by atoms with E-state index in [1.54, 1.807) is 6.07 Å². The molecule has 33 heavy (non-hydrogen) atoms. The highest BCUT2D eigenvalue weighted by Gasteiger charge is 2.25. The smallest absolute Gasteiger partial charge is 0.193 e. The summed E-state index contributed by atoms with van der Waals surface area (Å²) in [4.78, 5) is 13.2. The van der Waals surface area contributed by atoms with Crippen molar-refractivity contribution in [1.29, 1.82) is 0 Å². The molecule has 0 aromatic heterocycles. The standard InChI is InChI=1S/C25H28F2O6/c1-16(2)6-10-19-22(32-14-29-3)13-23(31-5)24(25(19)33-15-30-4)21(28)11-8-17-7-9-18(26)12-20(17)27/h6-9,11-13H,10,14-15H2,1-5H3/b11-8+. The maximum atomic E-state index is 14.0. The lowest BCUT2D eigenvalue weighted by atomic mass is 9.99. The summed E-state index contributed by atoms with van der Waals surface area (Å²) in [7, 11) is 4.36. The summed E-state index contributed by atoms with van der Waals surface area (Å²) in [6, 6.07) is 4.68. The third-order valence-electron chi connectivity index (χ3n) is 4.52. The number of hydrogen-bond donors (Lipinski definition) is 0. The van der Waals surface area contributed by atoms with Crippen LogP contribution in [0, 0.1) is 11.6 Å². The predicted molar refractivity (Wildman–Crippen MR) is 121 cm³/mol. The molecule has 0 radical (unpaired) electrons. The minimum absolute atomic E-state index is 0.0221. The van der Waals surface area contributed by atoms with Crippen molar-refractivity contribution in [1.82, 2.24) is 0 Å². The number of carbonyl (C=O) groups is 1. The number of ether oxygens (including phenoxy) is 5. The van der Waals surface area contributed by atoms with Crippen LogP contribution in [-0.4, -0.2) is 40.7 Å². The Morgan fingerprint density at radius 2 is 1.67 bits per heavy atom.